The molecule has 0 aromatic heterocycles. The van der Waals surface area contributed by atoms with Gasteiger partial charge in [-0.15, -0.1) is 0 Å². The Morgan fingerprint density at radius 1 is 1.50 bits per heavy atom. The van der Waals surface area contributed by atoms with Crippen LogP contribution in [0.4, 0.5) is 5.69 Å². The topological polar surface area (TPSA) is 73.6 Å². The molecule has 0 spiro atoms. The Balaban J connectivity index is 2.11. The molecule has 1 amide bonds. The lowest BCUT2D eigenvalue weighted by atomic mass is 9.54. The fraction of sp³-hybridized carbons (Fsp3) is 0.562. The number of rotatable bonds is 5. The van der Waals surface area contributed by atoms with Gasteiger partial charge in [0.05, 0.1) is 18.2 Å². The van der Waals surface area contributed by atoms with Gasteiger partial charge in [-0.1, -0.05) is 25.4 Å². The van der Waals surface area contributed by atoms with E-state index in [4.69, 9.17) is 26.8 Å². The van der Waals surface area contributed by atoms with Gasteiger partial charge in [0.1, 0.15) is 11.3 Å². The lowest BCUT2D eigenvalue weighted by Crippen LogP contribution is -2.74. The van der Waals surface area contributed by atoms with Crippen LogP contribution >= 0.6 is 11.6 Å². The van der Waals surface area contributed by atoms with Crippen molar-refractivity contribution in [3.63, 3.8) is 0 Å². The number of carbonyl (C=O) groups excluding carboxylic acids is 1. The van der Waals surface area contributed by atoms with Crippen LogP contribution in [-0.2, 0) is 9.53 Å². The molecule has 0 heterocycles. The summed E-state index contributed by atoms with van der Waals surface area (Å²) in [7, 11) is 1.54. The van der Waals surface area contributed by atoms with E-state index in [2.05, 4.69) is 5.32 Å². The predicted octanol–water partition coefficient (Wildman–Crippen LogP) is 2.82. The maximum atomic E-state index is 12.6. The number of halogens is 1. The molecular weight excluding hydrogens is 304 g/mol. The van der Waals surface area contributed by atoms with E-state index < -0.39 is 11.0 Å². The normalized spacial score (nSPS) is 26.2. The van der Waals surface area contributed by atoms with Gasteiger partial charge in [-0.25, -0.2) is 0 Å². The molecule has 1 saturated carbocycles. The molecule has 122 valence electrons. The third-order valence-corrected chi connectivity index (χ3v) is 4.94. The minimum atomic E-state index is -0.959. The number of hydrogen-bond donors (Lipinski definition) is 2. The Bertz CT molecular complexity index is 577. The Morgan fingerprint density at radius 2 is 2.18 bits per heavy atom. The molecule has 6 heteroatoms. The molecular formula is C16H23ClN2O3. The molecule has 1 fully saturated rings. The van der Waals surface area contributed by atoms with E-state index in [1.165, 1.54) is 0 Å². The average molecular weight is 327 g/mol. The smallest absolute Gasteiger partial charge is 0.245 e. The fourth-order valence-corrected chi connectivity index (χ4v) is 3.07. The van der Waals surface area contributed by atoms with Crippen LogP contribution in [0, 0.1) is 5.41 Å². The molecule has 3 N–H and O–H groups in total. The first-order chi connectivity index (χ1) is 10.3. The van der Waals surface area contributed by atoms with E-state index >= 15 is 0 Å². The first kappa shape index (κ1) is 17.1. The van der Waals surface area contributed by atoms with E-state index in [0.717, 1.165) is 0 Å². The van der Waals surface area contributed by atoms with Gasteiger partial charge in [0, 0.05) is 24.1 Å². The third kappa shape index (κ3) is 2.69. The molecule has 0 bridgehead atoms. The monoisotopic (exact) mass is 326 g/mol. The van der Waals surface area contributed by atoms with Gasteiger partial charge in [-0.2, -0.15) is 0 Å². The summed E-state index contributed by atoms with van der Waals surface area (Å²) < 4.78 is 10.7. The summed E-state index contributed by atoms with van der Waals surface area (Å²) >= 11 is 6.07. The largest absolute Gasteiger partial charge is 0.495 e. The Labute approximate surface area is 136 Å². The number of anilines is 1. The molecule has 2 rings (SSSR count). The van der Waals surface area contributed by atoms with Crippen molar-refractivity contribution in [1.29, 1.82) is 0 Å². The van der Waals surface area contributed by atoms with Crippen LogP contribution in [0.3, 0.4) is 0 Å². The van der Waals surface area contributed by atoms with Gasteiger partial charge in [0.25, 0.3) is 0 Å². The second kappa shape index (κ2) is 6.07. The summed E-state index contributed by atoms with van der Waals surface area (Å²) in [6, 6.07) is 5.08. The first-order valence-electron chi connectivity index (χ1n) is 7.31. The molecule has 5 nitrogen and oxygen atoms in total. The van der Waals surface area contributed by atoms with Crippen molar-refractivity contribution in [3.8, 4) is 5.75 Å². The molecule has 2 atom stereocenters. The summed E-state index contributed by atoms with van der Waals surface area (Å²) in [5.74, 6) is 0.331. The van der Waals surface area contributed by atoms with Crippen molar-refractivity contribution in [2.24, 2.45) is 11.1 Å². The number of methoxy groups -OCH3 is 1. The van der Waals surface area contributed by atoms with E-state index in [9.17, 15) is 4.79 Å². The number of carbonyl (C=O) groups is 1. The van der Waals surface area contributed by atoms with Crippen molar-refractivity contribution in [3.05, 3.63) is 23.2 Å². The van der Waals surface area contributed by atoms with Crippen molar-refractivity contribution in [2.45, 2.75) is 38.8 Å². The molecule has 1 aromatic carbocycles. The molecule has 0 aliphatic heterocycles. The van der Waals surface area contributed by atoms with Crippen LogP contribution in [0.2, 0.25) is 5.02 Å². The van der Waals surface area contributed by atoms with Crippen LogP contribution in [0.25, 0.3) is 0 Å². The van der Waals surface area contributed by atoms with Gasteiger partial charge in [-0.05, 0) is 25.1 Å². The molecule has 22 heavy (non-hydrogen) atoms. The zero-order valence-corrected chi connectivity index (χ0v) is 14.2. The number of ether oxygens (including phenoxy) is 2. The minimum absolute atomic E-state index is 0.00675. The zero-order chi connectivity index (χ0) is 16.5. The number of hydrogen-bond acceptors (Lipinski definition) is 4. The summed E-state index contributed by atoms with van der Waals surface area (Å²) in [6.45, 7) is 6.46. The summed E-state index contributed by atoms with van der Waals surface area (Å²) in [6.07, 6.45) is 0.497. The second-order valence-corrected chi connectivity index (χ2v) is 6.55. The molecule has 0 radical (unpaired) electrons. The summed E-state index contributed by atoms with van der Waals surface area (Å²) in [5, 5.41) is 3.27. The van der Waals surface area contributed by atoms with Gasteiger partial charge >= 0.3 is 0 Å². The summed E-state index contributed by atoms with van der Waals surface area (Å²) in [5.41, 5.74) is 5.54. The highest BCUT2D eigenvalue weighted by Gasteiger charge is 2.62. The lowest BCUT2D eigenvalue weighted by molar-refractivity contribution is -0.166. The number of amides is 1. The highest BCUT2D eigenvalue weighted by Crippen LogP contribution is 2.50. The van der Waals surface area contributed by atoms with E-state index in [1.807, 2.05) is 20.8 Å². The van der Waals surface area contributed by atoms with Crippen LogP contribution < -0.4 is 15.8 Å². The number of benzene rings is 1. The second-order valence-electron chi connectivity index (χ2n) is 6.14. The van der Waals surface area contributed by atoms with Crippen LogP contribution in [-0.4, -0.2) is 31.3 Å². The molecule has 1 aromatic rings. The van der Waals surface area contributed by atoms with Crippen molar-refractivity contribution < 1.29 is 14.3 Å². The van der Waals surface area contributed by atoms with E-state index in [1.54, 1.807) is 25.3 Å². The first-order valence-corrected chi connectivity index (χ1v) is 7.69. The number of nitrogens with one attached hydrogen (secondary N) is 1. The van der Waals surface area contributed by atoms with Crippen molar-refractivity contribution in [1.82, 2.24) is 0 Å². The number of nitrogens with two attached hydrogens (primary N) is 1. The van der Waals surface area contributed by atoms with Crippen molar-refractivity contribution >= 4 is 23.2 Å². The third-order valence-electron chi connectivity index (χ3n) is 4.64. The van der Waals surface area contributed by atoms with Gasteiger partial charge in [-0.3, -0.25) is 4.79 Å². The highest BCUT2D eigenvalue weighted by atomic mass is 35.5. The van der Waals surface area contributed by atoms with Crippen LogP contribution in [0.15, 0.2) is 18.2 Å². The van der Waals surface area contributed by atoms with Crippen LogP contribution in [0.1, 0.15) is 27.2 Å². The summed E-state index contributed by atoms with van der Waals surface area (Å²) in [4.78, 5) is 12.6. The Kier molecular flexibility index (Phi) is 4.70. The predicted molar refractivity (Wildman–Crippen MR) is 87.4 cm³/mol. The quantitative estimate of drug-likeness (QED) is 0.872. The van der Waals surface area contributed by atoms with Crippen molar-refractivity contribution in [2.75, 3.05) is 19.0 Å². The molecule has 1 aliphatic rings. The Hall–Kier alpha value is -1.30. The molecule has 2 unspecified atom stereocenters. The maximum Gasteiger partial charge on any atom is 0.245 e. The zero-order valence-electron chi connectivity index (χ0n) is 13.4. The van der Waals surface area contributed by atoms with Gasteiger partial charge < -0.3 is 20.5 Å². The van der Waals surface area contributed by atoms with Gasteiger partial charge in [0.15, 0.2) is 0 Å². The minimum Gasteiger partial charge on any atom is -0.495 e. The lowest BCUT2D eigenvalue weighted by Gasteiger charge is -2.57. The SMILES string of the molecule is CCOC1CC(N)(C(=O)Nc2ccc(OC)c(Cl)c2)C1(C)C. The standard InChI is InChI=1S/C16H23ClN2O3/c1-5-22-13-9-16(18,15(13,2)3)14(20)19-10-6-7-12(21-4)11(17)8-10/h6-8,13H,5,9,18H2,1-4H3,(H,19,20). The van der Waals surface area contributed by atoms with Gasteiger partial charge in [0.2, 0.25) is 5.91 Å². The Morgan fingerprint density at radius 3 is 2.68 bits per heavy atom. The molecule has 1 aliphatic carbocycles. The fourth-order valence-electron chi connectivity index (χ4n) is 2.81. The van der Waals surface area contributed by atoms with Crippen LogP contribution in [0.5, 0.6) is 5.75 Å². The maximum absolute atomic E-state index is 12.6. The average Bonchev–Trinajstić information content (AvgIpc) is 2.47. The van der Waals surface area contributed by atoms with E-state index in [0.29, 0.717) is 29.5 Å². The molecule has 0 saturated heterocycles. The highest BCUT2D eigenvalue weighted by molar-refractivity contribution is 6.32. The van der Waals surface area contributed by atoms with E-state index in [-0.39, 0.29) is 12.0 Å².